The molecule has 2 saturated heterocycles. The van der Waals surface area contributed by atoms with Crippen LogP contribution in [0, 0.1) is 5.92 Å². The third-order valence-corrected chi connectivity index (χ3v) is 3.77. The van der Waals surface area contributed by atoms with Crippen LogP contribution in [0.25, 0.3) is 0 Å². The first kappa shape index (κ1) is 14.7. The van der Waals surface area contributed by atoms with Crippen LogP contribution in [-0.2, 0) is 14.3 Å². The molecule has 0 aromatic rings. The lowest BCUT2D eigenvalue weighted by Gasteiger charge is -2.42. The normalized spacial score (nSPS) is 33.4. The van der Waals surface area contributed by atoms with Gasteiger partial charge in [-0.25, -0.2) is 0 Å². The number of nitrogens with one attached hydrogen (secondary N) is 2. The Hall–Kier alpha value is -0.690. The molecule has 2 heterocycles. The van der Waals surface area contributed by atoms with Gasteiger partial charge in [0.1, 0.15) is 0 Å². The van der Waals surface area contributed by atoms with Crippen LogP contribution in [0.2, 0.25) is 0 Å². The van der Waals surface area contributed by atoms with Gasteiger partial charge >= 0.3 is 0 Å². The highest BCUT2D eigenvalue weighted by Gasteiger charge is 2.39. The zero-order valence-electron chi connectivity index (χ0n) is 11.8. The van der Waals surface area contributed by atoms with Gasteiger partial charge in [-0.3, -0.25) is 4.79 Å². The number of ether oxygens (including phenoxy) is 2. The summed E-state index contributed by atoms with van der Waals surface area (Å²) in [4.78, 5) is 11.9. The molecule has 2 fully saturated rings. The van der Waals surface area contributed by atoms with Crippen molar-refractivity contribution in [2.24, 2.45) is 11.7 Å². The van der Waals surface area contributed by atoms with Gasteiger partial charge in [0, 0.05) is 13.0 Å². The molecule has 2 aliphatic heterocycles. The Morgan fingerprint density at radius 3 is 2.63 bits per heavy atom. The molecule has 0 bridgehead atoms. The van der Waals surface area contributed by atoms with Gasteiger partial charge < -0.3 is 25.8 Å². The number of hydrogen-bond donors (Lipinski definition) is 3. The van der Waals surface area contributed by atoms with Crippen LogP contribution in [0.15, 0.2) is 0 Å². The molecule has 2 rings (SSSR count). The monoisotopic (exact) mass is 271 g/mol. The maximum absolute atomic E-state index is 11.9. The van der Waals surface area contributed by atoms with Gasteiger partial charge in [-0.2, -0.15) is 0 Å². The van der Waals surface area contributed by atoms with Crippen molar-refractivity contribution in [1.82, 2.24) is 10.6 Å². The predicted octanol–water partition coefficient (Wildman–Crippen LogP) is -0.419. The molecule has 0 aromatic carbocycles. The summed E-state index contributed by atoms with van der Waals surface area (Å²) in [5.74, 6) is -0.496. The molecule has 19 heavy (non-hydrogen) atoms. The summed E-state index contributed by atoms with van der Waals surface area (Å²) in [6, 6.07) is -0.586. The predicted molar refractivity (Wildman–Crippen MR) is 71.5 cm³/mol. The van der Waals surface area contributed by atoms with Crippen LogP contribution in [0.3, 0.4) is 0 Å². The number of amides is 1. The van der Waals surface area contributed by atoms with Crippen molar-refractivity contribution in [3.63, 3.8) is 0 Å². The standard InChI is InChI=1S/C13H25N3O3/c1-9(2)11(14)12(17)16-10-6-18-13(19-7-10)4-3-5-15-8-13/h9-11,15H,3-8,14H2,1-2H3,(H,16,17)/t10?,11-,13?/m0/s1. The fraction of sp³-hybridized carbons (Fsp3) is 0.923. The molecule has 0 aliphatic carbocycles. The fourth-order valence-corrected chi connectivity index (χ4v) is 2.37. The van der Waals surface area contributed by atoms with E-state index in [1.165, 1.54) is 0 Å². The highest BCUT2D eigenvalue weighted by molar-refractivity contribution is 5.82. The number of rotatable bonds is 3. The van der Waals surface area contributed by atoms with Crippen molar-refractivity contribution < 1.29 is 14.3 Å². The molecule has 6 nitrogen and oxygen atoms in total. The average Bonchev–Trinajstić information content (AvgIpc) is 2.41. The van der Waals surface area contributed by atoms with Crippen LogP contribution in [-0.4, -0.2) is 50.1 Å². The van der Waals surface area contributed by atoms with Gasteiger partial charge in [0.15, 0.2) is 5.79 Å². The van der Waals surface area contributed by atoms with Gasteiger partial charge in [0.25, 0.3) is 0 Å². The van der Waals surface area contributed by atoms with Crippen LogP contribution >= 0.6 is 0 Å². The second kappa shape index (κ2) is 6.17. The third kappa shape index (κ3) is 3.66. The Kier molecular flexibility index (Phi) is 4.78. The molecular weight excluding hydrogens is 246 g/mol. The summed E-state index contributed by atoms with van der Waals surface area (Å²) in [7, 11) is 0. The van der Waals surface area contributed by atoms with Gasteiger partial charge in [0.2, 0.25) is 5.91 Å². The second-order valence-corrected chi connectivity index (χ2v) is 5.79. The SMILES string of the molecule is CC(C)[C@H](N)C(=O)NC1COC2(CCCNC2)OC1. The number of nitrogens with two attached hydrogens (primary N) is 1. The molecule has 2 aliphatic rings. The summed E-state index contributed by atoms with van der Waals surface area (Å²) in [6.45, 7) is 6.56. The number of hydrogen-bond acceptors (Lipinski definition) is 5. The van der Waals surface area contributed by atoms with E-state index >= 15 is 0 Å². The molecule has 0 unspecified atom stereocenters. The summed E-state index contributed by atoms with van der Waals surface area (Å²) in [5, 5.41) is 6.16. The first-order valence-electron chi connectivity index (χ1n) is 7.07. The van der Waals surface area contributed by atoms with Crippen molar-refractivity contribution in [3.8, 4) is 0 Å². The van der Waals surface area contributed by atoms with Gasteiger partial charge in [-0.05, 0) is 18.9 Å². The van der Waals surface area contributed by atoms with Crippen molar-refractivity contribution >= 4 is 5.91 Å². The quantitative estimate of drug-likeness (QED) is 0.649. The lowest BCUT2D eigenvalue weighted by molar-refractivity contribution is -0.279. The van der Waals surface area contributed by atoms with E-state index in [4.69, 9.17) is 15.2 Å². The summed E-state index contributed by atoms with van der Waals surface area (Å²) < 4.78 is 11.6. The first-order chi connectivity index (χ1) is 9.02. The topological polar surface area (TPSA) is 85.6 Å². The van der Waals surface area contributed by atoms with E-state index in [9.17, 15) is 4.79 Å². The number of piperidine rings is 1. The molecule has 0 aromatic heterocycles. The molecule has 110 valence electrons. The molecule has 6 heteroatoms. The fourth-order valence-electron chi connectivity index (χ4n) is 2.37. The highest BCUT2D eigenvalue weighted by atomic mass is 16.7. The number of carbonyl (C=O) groups is 1. The molecule has 0 saturated carbocycles. The largest absolute Gasteiger partial charge is 0.347 e. The summed E-state index contributed by atoms with van der Waals surface area (Å²) >= 11 is 0. The molecular formula is C13H25N3O3. The zero-order chi connectivity index (χ0) is 13.9. The van der Waals surface area contributed by atoms with Crippen LogP contribution in [0.5, 0.6) is 0 Å². The maximum Gasteiger partial charge on any atom is 0.237 e. The molecule has 1 spiro atoms. The Balaban J connectivity index is 1.78. The van der Waals surface area contributed by atoms with Crippen molar-refractivity contribution in [2.75, 3.05) is 26.3 Å². The van der Waals surface area contributed by atoms with Gasteiger partial charge in [-0.15, -0.1) is 0 Å². The van der Waals surface area contributed by atoms with E-state index in [2.05, 4.69) is 10.6 Å². The first-order valence-corrected chi connectivity index (χ1v) is 7.07. The van der Waals surface area contributed by atoms with Crippen molar-refractivity contribution in [1.29, 1.82) is 0 Å². The Bertz CT molecular complexity index is 306. The lowest BCUT2D eigenvalue weighted by Crippen LogP contribution is -2.59. The smallest absolute Gasteiger partial charge is 0.237 e. The lowest BCUT2D eigenvalue weighted by atomic mass is 10.0. The Morgan fingerprint density at radius 1 is 1.42 bits per heavy atom. The Labute approximate surface area is 114 Å². The maximum atomic E-state index is 11.9. The van der Waals surface area contributed by atoms with E-state index in [0.29, 0.717) is 13.2 Å². The van der Waals surface area contributed by atoms with Gasteiger partial charge in [-0.1, -0.05) is 13.8 Å². The van der Waals surface area contributed by atoms with Crippen LogP contribution < -0.4 is 16.4 Å². The average molecular weight is 271 g/mol. The minimum absolute atomic E-state index is 0.107. The van der Waals surface area contributed by atoms with Gasteiger partial charge in [0.05, 0.1) is 25.3 Å². The van der Waals surface area contributed by atoms with E-state index in [1.54, 1.807) is 0 Å². The summed E-state index contributed by atoms with van der Waals surface area (Å²) in [5.41, 5.74) is 5.81. The highest BCUT2D eigenvalue weighted by Crippen LogP contribution is 2.26. The Morgan fingerprint density at radius 2 is 2.11 bits per heavy atom. The second-order valence-electron chi connectivity index (χ2n) is 5.79. The number of carbonyl (C=O) groups excluding carboxylic acids is 1. The molecule has 4 N–H and O–H groups in total. The van der Waals surface area contributed by atoms with Crippen LogP contribution in [0.1, 0.15) is 26.7 Å². The summed E-state index contributed by atoms with van der Waals surface area (Å²) in [6.07, 6.45) is 1.96. The molecule has 1 atom stereocenters. The minimum atomic E-state index is -0.486. The van der Waals surface area contributed by atoms with E-state index in [-0.39, 0.29) is 17.9 Å². The van der Waals surface area contributed by atoms with Crippen molar-refractivity contribution in [2.45, 2.75) is 44.6 Å². The van der Waals surface area contributed by atoms with E-state index in [1.807, 2.05) is 13.8 Å². The molecule has 0 radical (unpaired) electrons. The van der Waals surface area contributed by atoms with Crippen molar-refractivity contribution in [3.05, 3.63) is 0 Å². The van der Waals surface area contributed by atoms with E-state index in [0.717, 1.165) is 25.9 Å². The van der Waals surface area contributed by atoms with E-state index < -0.39 is 11.8 Å². The molecule has 1 amide bonds. The van der Waals surface area contributed by atoms with Crippen LogP contribution in [0.4, 0.5) is 0 Å². The third-order valence-electron chi connectivity index (χ3n) is 3.77. The minimum Gasteiger partial charge on any atom is -0.347 e. The zero-order valence-corrected chi connectivity index (χ0v) is 11.8.